The second-order valence-electron chi connectivity index (χ2n) is 2.02. The lowest BCUT2D eigenvalue weighted by atomic mass is 10.4. The number of nitrogens with one attached hydrogen (secondary N) is 3. The average Bonchev–Trinajstić information content (AvgIpc) is 2.36. The van der Waals surface area contributed by atoms with Gasteiger partial charge in [0.1, 0.15) is 11.1 Å². The first-order valence-electron chi connectivity index (χ1n) is 2.93. The highest BCUT2D eigenvalue weighted by molar-refractivity contribution is 5.72. The minimum absolute atomic E-state index is 0.395. The normalized spacial score (nSPS) is 10.4. The maximum atomic E-state index is 7.36. The van der Waals surface area contributed by atoms with E-state index in [0.717, 1.165) is 11.0 Å². The summed E-state index contributed by atoms with van der Waals surface area (Å²) in [5.41, 5.74) is 1.15. The Morgan fingerprint density at radius 3 is 3.10 bits per heavy atom. The molecule has 0 amide bonds. The lowest BCUT2D eigenvalue weighted by molar-refractivity contribution is 1.07. The van der Waals surface area contributed by atoms with Crippen molar-refractivity contribution in [1.29, 1.82) is 5.41 Å². The molecule has 0 saturated heterocycles. The third-order valence-corrected chi connectivity index (χ3v) is 1.40. The molecule has 10 heavy (non-hydrogen) atoms. The second kappa shape index (κ2) is 1.70. The minimum Gasteiger partial charge on any atom is -0.346 e. The molecule has 2 aromatic heterocycles. The Bertz CT molecular complexity index is 397. The fraction of sp³-hybridized carbons (Fsp3) is 0. The summed E-state index contributed by atoms with van der Waals surface area (Å²) >= 11 is 0. The third-order valence-electron chi connectivity index (χ3n) is 1.40. The van der Waals surface area contributed by atoms with Crippen LogP contribution >= 0.6 is 0 Å². The van der Waals surface area contributed by atoms with Crippen LogP contribution in [-0.2, 0) is 0 Å². The second-order valence-corrected chi connectivity index (χ2v) is 2.02. The van der Waals surface area contributed by atoms with Crippen molar-refractivity contribution in [3.05, 3.63) is 24.1 Å². The first-order valence-corrected chi connectivity index (χ1v) is 2.93. The van der Waals surface area contributed by atoms with Gasteiger partial charge in [-0.3, -0.25) is 5.41 Å². The summed E-state index contributed by atoms with van der Waals surface area (Å²) < 4.78 is 0. The van der Waals surface area contributed by atoms with Crippen molar-refractivity contribution in [3.8, 4) is 0 Å². The number of hydrogen-bond acceptors (Lipinski definition) is 2. The maximum Gasteiger partial charge on any atom is 0.142 e. The van der Waals surface area contributed by atoms with Crippen molar-refractivity contribution < 1.29 is 0 Å². The lowest BCUT2D eigenvalue weighted by Gasteiger charge is -1.85. The molecule has 0 radical (unpaired) electrons. The summed E-state index contributed by atoms with van der Waals surface area (Å²) in [6.45, 7) is 0. The summed E-state index contributed by atoms with van der Waals surface area (Å²) in [5, 5.41) is 8.19. The molecule has 0 atom stereocenters. The van der Waals surface area contributed by atoms with Crippen LogP contribution in [0.3, 0.4) is 0 Å². The number of hydrogen-bond donors (Lipinski definition) is 3. The van der Waals surface area contributed by atoms with Crippen molar-refractivity contribution in [2.75, 3.05) is 0 Å². The zero-order chi connectivity index (χ0) is 6.97. The Kier molecular flexibility index (Phi) is 0.887. The Balaban J connectivity index is 3.09. The van der Waals surface area contributed by atoms with E-state index in [-0.39, 0.29) is 0 Å². The van der Waals surface area contributed by atoms with Gasteiger partial charge in [-0.25, -0.2) is 4.98 Å². The number of aromatic nitrogens is 3. The van der Waals surface area contributed by atoms with Crippen LogP contribution in [0.15, 0.2) is 18.6 Å². The van der Waals surface area contributed by atoms with Gasteiger partial charge in [0.15, 0.2) is 0 Å². The molecule has 0 bridgehead atoms. The predicted octanol–water partition coefficient (Wildman–Crippen LogP) is 0.370. The van der Waals surface area contributed by atoms with E-state index in [1.54, 1.807) is 6.20 Å². The molecule has 2 aromatic rings. The Labute approximate surface area is 56.4 Å². The molecule has 0 unspecified atom stereocenters. The van der Waals surface area contributed by atoms with E-state index in [1.165, 1.54) is 6.33 Å². The third kappa shape index (κ3) is 0.556. The summed E-state index contributed by atoms with van der Waals surface area (Å²) in [7, 11) is 0. The van der Waals surface area contributed by atoms with Crippen molar-refractivity contribution in [1.82, 2.24) is 15.0 Å². The average molecular weight is 134 g/mol. The van der Waals surface area contributed by atoms with E-state index in [4.69, 9.17) is 5.41 Å². The SMILES string of the molecule is N=c1[nH]cnc2[nH]ccc12. The molecule has 4 heteroatoms. The molecule has 0 spiro atoms. The molecule has 50 valence electrons. The van der Waals surface area contributed by atoms with Crippen molar-refractivity contribution in [2.45, 2.75) is 0 Å². The van der Waals surface area contributed by atoms with E-state index < -0.39 is 0 Å². The highest BCUT2D eigenvalue weighted by atomic mass is 14.9. The van der Waals surface area contributed by atoms with Crippen LogP contribution < -0.4 is 5.49 Å². The Morgan fingerprint density at radius 2 is 2.30 bits per heavy atom. The fourth-order valence-corrected chi connectivity index (χ4v) is 0.908. The Hall–Kier alpha value is -1.58. The first kappa shape index (κ1) is 5.22. The molecule has 0 aliphatic rings. The zero-order valence-corrected chi connectivity index (χ0v) is 5.18. The maximum absolute atomic E-state index is 7.36. The van der Waals surface area contributed by atoms with Gasteiger partial charge >= 0.3 is 0 Å². The van der Waals surface area contributed by atoms with Crippen LogP contribution in [0.1, 0.15) is 0 Å². The van der Waals surface area contributed by atoms with Gasteiger partial charge in [0, 0.05) is 6.20 Å². The fourth-order valence-electron chi connectivity index (χ4n) is 0.908. The first-order chi connectivity index (χ1) is 4.88. The van der Waals surface area contributed by atoms with E-state index >= 15 is 0 Å². The van der Waals surface area contributed by atoms with Crippen LogP contribution in [0.2, 0.25) is 0 Å². The van der Waals surface area contributed by atoms with Crippen LogP contribution in [-0.4, -0.2) is 15.0 Å². The van der Waals surface area contributed by atoms with Gasteiger partial charge in [-0.15, -0.1) is 0 Å². The summed E-state index contributed by atoms with van der Waals surface area (Å²) in [5.74, 6) is 0. The predicted molar refractivity (Wildman–Crippen MR) is 36.3 cm³/mol. The molecule has 2 rings (SSSR count). The smallest absolute Gasteiger partial charge is 0.142 e. The quantitative estimate of drug-likeness (QED) is 0.478. The molecule has 0 fully saturated rings. The molecular weight excluding hydrogens is 128 g/mol. The topological polar surface area (TPSA) is 68.3 Å². The van der Waals surface area contributed by atoms with Crippen LogP contribution in [0.4, 0.5) is 0 Å². The molecule has 0 saturated carbocycles. The van der Waals surface area contributed by atoms with Crippen LogP contribution in [0.5, 0.6) is 0 Å². The largest absolute Gasteiger partial charge is 0.346 e. The Morgan fingerprint density at radius 1 is 1.40 bits per heavy atom. The van der Waals surface area contributed by atoms with E-state index in [9.17, 15) is 0 Å². The molecular formula is C6H6N4. The summed E-state index contributed by atoms with van der Waals surface area (Å²) in [6, 6.07) is 1.82. The van der Waals surface area contributed by atoms with Gasteiger partial charge in [0.25, 0.3) is 0 Å². The van der Waals surface area contributed by atoms with Gasteiger partial charge in [-0.2, -0.15) is 0 Å². The van der Waals surface area contributed by atoms with Crippen LogP contribution in [0, 0.1) is 5.41 Å². The minimum atomic E-state index is 0.395. The van der Waals surface area contributed by atoms with Crippen LogP contribution in [0.25, 0.3) is 11.0 Å². The van der Waals surface area contributed by atoms with E-state index in [0.29, 0.717) is 5.49 Å². The highest BCUT2D eigenvalue weighted by Gasteiger charge is 1.93. The van der Waals surface area contributed by atoms with Gasteiger partial charge in [-0.05, 0) is 6.07 Å². The van der Waals surface area contributed by atoms with E-state index in [2.05, 4.69) is 15.0 Å². The van der Waals surface area contributed by atoms with Crippen molar-refractivity contribution in [3.63, 3.8) is 0 Å². The van der Waals surface area contributed by atoms with Gasteiger partial charge in [0.2, 0.25) is 0 Å². The molecule has 0 aliphatic carbocycles. The van der Waals surface area contributed by atoms with Gasteiger partial charge in [0.05, 0.1) is 11.7 Å². The van der Waals surface area contributed by atoms with Gasteiger partial charge in [-0.1, -0.05) is 0 Å². The van der Waals surface area contributed by atoms with Gasteiger partial charge < -0.3 is 9.97 Å². The number of aromatic amines is 2. The molecule has 0 aromatic carbocycles. The molecule has 4 nitrogen and oxygen atoms in total. The standard InChI is InChI=1S/C6H6N4/c7-5-4-1-2-8-6(4)10-3-9-5/h1-3H,(H3,7,8,9,10). The molecule has 2 heterocycles. The lowest BCUT2D eigenvalue weighted by Crippen LogP contribution is -2.04. The number of rotatable bonds is 0. The van der Waals surface area contributed by atoms with Crippen molar-refractivity contribution in [2.24, 2.45) is 0 Å². The van der Waals surface area contributed by atoms with Crippen molar-refractivity contribution >= 4 is 11.0 Å². The summed E-state index contributed by atoms with van der Waals surface area (Å²) in [6.07, 6.45) is 3.27. The summed E-state index contributed by atoms with van der Waals surface area (Å²) in [4.78, 5) is 9.58. The monoisotopic (exact) mass is 134 g/mol. The highest BCUT2D eigenvalue weighted by Crippen LogP contribution is 1.99. The molecule has 0 aliphatic heterocycles. The molecule has 3 N–H and O–H groups in total. The van der Waals surface area contributed by atoms with E-state index in [1.807, 2.05) is 6.07 Å². The number of fused-ring (bicyclic) bond motifs is 1. The number of nitrogens with zero attached hydrogens (tertiary/aromatic N) is 1. The number of H-pyrrole nitrogens is 2. The zero-order valence-electron chi connectivity index (χ0n) is 5.18.